The van der Waals surface area contributed by atoms with Crippen molar-refractivity contribution in [3.05, 3.63) is 77.4 Å². The van der Waals surface area contributed by atoms with Crippen LogP contribution in [0.15, 0.2) is 54.6 Å². The summed E-state index contributed by atoms with van der Waals surface area (Å²) in [6, 6.07) is 18.4. The molecule has 2 heterocycles. The van der Waals surface area contributed by atoms with Gasteiger partial charge in [-0.05, 0) is 36.6 Å². The number of amides is 1. The average molecular weight is 420 g/mol. The molecule has 0 aliphatic carbocycles. The van der Waals surface area contributed by atoms with Crippen molar-refractivity contribution in [1.29, 1.82) is 0 Å². The molecule has 0 radical (unpaired) electrons. The highest BCUT2D eigenvalue weighted by atomic mass is 16.5. The molecule has 7 heteroatoms. The Morgan fingerprint density at radius 3 is 2.65 bits per heavy atom. The first kappa shape index (κ1) is 21.2. The molecule has 1 aliphatic rings. The first-order chi connectivity index (χ1) is 15.2. The van der Waals surface area contributed by atoms with E-state index in [1.807, 2.05) is 43.3 Å². The second kappa shape index (κ2) is 10.3. The van der Waals surface area contributed by atoms with Crippen molar-refractivity contribution in [3.63, 3.8) is 0 Å². The molecule has 2 aromatic carbocycles. The third-order valence-electron chi connectivity index (χ3n) is 5.42. The Balaban J connectivity index is 1.47. The maximum Gasteiger partial charge on any atom is 0.291 e. The van der Waals surface area contributed by atoms with Crippen molar-refractivity contribution < 1.29 is 9.53 Å². The van der Waals surface area contributed by atoms with Crippen LogP contribution in [-0.2, 0) is 17.6 Å². The van der Waals surface area contributed by atoms with Crippen LogP contribution in [0.1, 0.15) is 27.6 Å². The van der Waals surface area contributed by atoms with Crippen LogP contribution in [0.2, 0.25) is 0 Å². The van der Waals surface area contributed by atoms with E-state index in [0.29, 0.717) is 13.0 Å². The largest absolute Gasteiger partial charge is 0.379 e. The number of hydrogen-bond donors (Lipinski definition) is 1. The van der Waals surface area contributed by atoms with E-state index in [0.717, 1.165) is 56.3 Å². The third-order valence-corrected chi connectivity index (χ3v) is 5.42. The number of rotatable bonds is 8. The quantitative estimate of drug-likeness (QED) is 0.607. The Labute approximate surface area is 183 Å². The summed E-state index contributed by atoms with van der Waals surface area (Å²) < 4.78 is 7.16. The Hall–Kier alpha value is -3.03. The molecule has 0 saturated carbocycles. The fraction of sp³-hybridized carbons (Fsp3) is 0.375. The number of benzene rings is 2. The van der Waals surface area contributed by atoms with Crippen LogP contribution in [0, 0.1) is 6.92 Å². The number of nitrogens with zero attached hydrogens (tertiary/aromatic N) is 4. The Morgan fingerprint density at radius 2 is 1.87 bits per heavy atom. The highest BCUT2D eigenvalue weighted by molar-refractivity contribution is 5.90. The van der Waals surface area contributed by atoms with Crippen LogP contribution in [-0.4, -0.2) is 65.0 Å². The molecule has 1 saturated heterocycles. The molecule has 1 amide bonds. The molecule has 1 fully saturated rings. The molecule has 0 atom stereocenters. The van der Waals surface area contributed by atoms with E-state index in [1.165, 1.54) is 5.56 Å². The molecular formula is C24H29N5O2. The normalized spacial score (nSPS) is 14.5. The van der Waals surface area contributed by atoms with E-state index < -0.39 is 0 Å². The van der Waals surface area contributed by atoms with Crippen molar-refractivity contribution in [2.24, 2.45) is 0 Å². The van der Waals surface area contributed by atoms with E-state index in [-0.39, 0.29) is 11.7 Å². The smallest absolute Gasteiger partial charge is 0.291 e. The van der Waals surface area contributed by atoms with Crippen LogP contribution in [0.5, 0.6) is 0 Å². The number of carbonyl (C=O) groups excluding carboxylic acids is 1. The van der Waals surface area contributed by atoms with Gasteiger partial charge in [-0.15, -0.1) is 5.10 Å². The first-order valence-corrected chi connectivity index (χ1v) is 10.8. The standard InChI is InChI=1S/C24H29N5O2/c1-19-6-5-9-21(18-19)29-22(11-10-20-7-3-2-4-8-20)26-23(27-29)24(30)25-12-13-28-14-16-31-17-15-28/h2-9,18H,10-17H2,1H3,(H,25,30). The van der Waals surface area contributed by atoms with E-state index in [4.69, 9.17) is 4.74 Å². The van der Waals surface area contributed by atoms with E-state index in [9.17, 15) is 4.79 Å². The van der Waals surface area contributed by atoms with Crippen LogP contribution in [0.4, 0.5) is 0 Å². The summed E-state index contributed by atoms with van der Waals surface area (Å²) in [5, 5.41) is 7.52. The molecule has 31 heavy (non-hydrogen) atoms. The summed E-state index contributed by atoms with van der Waals surface area (Å²) in [6.45, 7) is 6.72. The highest BCUT2D eigenvalue weighted by Crippen LogP contribution is 2.14. The fourth-order valence-electron chi connectivity index (χ4n) is 3.70. The van der Waals surface area contributed by atoms with E-state index in [1.54, 1.807) is 4.68 Å². The van der Waals surface area contributed by atoms with Gasteiger partial charge in [0.05, 0.1) is 18.9 Å². The third kappa shape index (κ3) is 5.77. The van der Waals surface area contributed by atoms with E-state index in [2.05, 4.69) is 38.5 Å². The summed E-state index contributed by atoms with van der Waals surface area (Å²) in [7, 11) is 0. The second-order valence-corrected chi connectivity index (χ2v) is 7.80. The molecule has 4 rings (SSSR count). The molecule has 0 bridgehead atoms. The number of aromatic nitrogens is 3. The first-order valence-electron chi connectivity index (χ1n) is 10.8. The zero-order valence-electron chi connectivity index (χ0n) is 18.0. The molecule has 1 aliphatic heterocycles. The minimum absolute atomic E-state index is 0.214. The molecule has 7 nitrogen and oxygen atoms in total. The zero-order valence-corrected chi connectivity index (χ0v) is 18.0. The SMILES string of the molecule is Cc1cccc(-n2nc(C(=O)NCCN3CCOCC3)nc2CCc2ccccc2)c1. The van der Waals surface area contributed by atoms with Crippen LogP contribution in [0.3, 0.4) is 0 Å². The Morgan fingerprint density at radius 1 is 1.06 bits per heavy atom. The van der Waals surface area contributed by atoms with E-state index >= 15 is 0 Å². The maximum atomic E-state index is 12.7. The monoisotopic (exact) mass is 419 g/mol. The summed E-state index contributed by atoms with van der Waals surface area (Å²) in [4.78, 5) is 19.6. The Bertz CT molecular complexity index is 996. The van der Waals surface area contributed by atoms with Crippen LogP contribution < -0.4 is 5.32 Å². The van der Waals surface area contributed by atoms with Gasteiger partial charge in [-0.25, -0.2) is 9.67 Å². The lowest BCUT2D eigenvalue weighted by Crippen LogP contribution is -2.41. The van der Waals surface area contributed by atoms with Gasteiger partial charge in [0.1, 0.15) is 5.82 Å². The van der Waals surface area contributed by atoms with Gasteiger partial charge in [0, 0.05) is 32.6 Å². The minimum atomic E-state index is -0.236. The van der Waals surface area contributed by atoms with Gasteiger partial charge in [-0.2, -0.15) is 0 Å². The summed E-state index contributed by atoms with van der Waals surface area (Å²) in [5.74, 6) is 0.764. The number of hydrogen-bond acceptors (Lipinski definition) is 5. The average Bonchev–Trinajstić information content (AvgIpc) is 3.24. The number of aryl methyl sites for hydroxylation is 3. The van der Waals surface area contributed by atoms with Crippen molar-refractivity contribution >= 4 is 5.91 Å². The molecule has 162 valence electrons. The van der Waals surface area contributed by atoms with Gasteiger partial charge in [-0.1, -0.05) is 42.5 Å². The molecule has 0 unspecified atom stereocenters. The number of ether oxygens (including phenoxy) is 1. The Kier molecular flexibility index (Phi) is 7.07. The second-order valence-electron chi connectivity index (χ2n) is 7.80. The summed E-state index contributed by atoms with van der Waals surface area (Å²) >= 11 is 0. The van der Waals surface area contributed by atoms with Crippen molar-refractivity contribution in [2.75, 3.05) is 39.4 Å². The van der Waals surface area contributed by atoms with Gasteiger partial charge in [-0.3, -0.25) is 9.69 Å². The molecule has 3 aromatic rings. The summed E-state index contributed by atoms with van der Waals surface area (Å²) in [6.07, 6.45) is 1.54. The molecule has 1 aromatic heterocycles. The number of morpholine rings is 1. The van der Waals surface area contributed by atoms with Crippen molar-refractivity contribution in [2.45, 2.75) is 19.8 Å². The number of nitrogens with one attached hydrogen (secondary N) is 1. The lowest BCUT2D eigenvalue weighted by atomic mass is 10.1. The van der Waals surface area contributed by atoms with Gasteiger partial charge in [0.15, 0.2) is 0 Å². The predicted molar refractivity (Wildman–Crippen MR) is 120 cm³/mol. The molecule has 0 spiro atoms. The van der Waals surface area contributed by atoms with Crippen molar-refractivity contribution in [3.8, 4) is 5.69 Å². The van der Waals surface area contributed by atoms with Gasteiger partial charge < -0.3 is 10.1 Å². The fourth-order valence-corrected chi connectivity index (χ4v) is 3.70. The minimum Gasteiger partial charge on any atom is -0.379 e. The number of carbonyl (C=O) groups is 1. The van der Waals surface area contributed by atoms with Crippen molar-refractivity contribution in [1.82, 2.24) is 25.0 Å². The van der Waals surface area contributed by atoms with Crippen LogP contribution in [0.25, 0.3) is 5.69 Å². The molecular weight excluding hydrogens is 390 g/mol. The topological polar surface area (TPSA) is 72.3 Å². The van der Waals surface area contributed by atoms with Gasteiger partial charge >= 0.3 is 0 Å². The maximum absolute atomic E-state index is 12.7. The summed E-state index contributed by atoms with van der Waals surface area (Å²) in [5.41, 5.74) is 3.29. The highest BCUT2D eigenvalue weighted by Gasteiger charge is 2.18. The van der Waals surface area contributed by atoms with Crippen LogP contribution >= 0.6 is 0 Å². The van der Waals surface area contributed by atoms with Gasteiger partial charge in [0.2, 0.25) is 5.82 Å². The zero-order chi connectivity index (χ0) is 21.5. The lowest BCUT2D eigenvalue weighted by Gasteiger charge is -2.26. The molecule has 1 N–H and O–H groups in total. The van der Waals surface area contributed by atoms with Gasteiger partial charge in [0.25, 0.3) is 5.91 Å². The lowest BCUT2D eigenvalue weighted by molar-refractivity contribution is 0.0383. The predicted octanol–water partition coefficient (Wildman–Crippen LogP) is 2.42.